The van der Waals surface area contributed by atoms with Crippen molar-refractivity contribution in [2.24, 2.45) is 16.5 Å². The number of para-hydroxylation sites is 1. The Morgan fingerprint density at radius 3 is 2.69 bits per heavy atom. The maximum atomic E-state index is 6.21. The molecule has 0 saturated heterocycles. The average molecular weight is 353 g/mol. The first-order valence-electron chi connectivity index (χ1n) is 9.20. The lowest BCUT2D eigenvalue weighted by Crippen LogP contribution is -2.23. The average Bonchev–Trinajstić information content (AvgIpc) is 2.99. The molecule has 3 aromatic rings. The van der Waals surface area contributed by atoms with E-state index in [1.54, 1.807) is 0 Å². The van der Waals surface area contributed by atoms with Gasteiger partial charge in [0.15, 0.2) is 11.8 Å². The molecule has 0 bridgehead atoms. The minimum absolute atomic E-state index is 0.145. The Balaban J connectivity index is 2.00. The summed E-state index contributed by atoms with van der Waals surface area (Å²) in [5, 5.41) is 1.09. The number of fused-ring (bicyclic) bond motifs is 3. The Labute approximate surface area is 153 Å². The molecule has 2 aromatic heterocycles. The van der Waals surface area contributed by atoms with Crippen molar-refractivity contribution in [1.82, 2.24) is 14.5 Å². The van der Waals surface area contributed by atoms with Crippen molar-refractivity contribution >= 4 is 33.7 Å². The number of hydrogen-bond acceptors (Lipinski definition) is 4. The lowest BCUT2D eigenvalue weighted by atomic mass is 10.2. The van der Waals surface area contributed by atoms with Crippen molar-refractivity contribution in [2.75, 3.05) is 12.3 Å². The molecular formula is C19H27N7. The molecule has 0 aliphatic rings. The molecule has 138 valence electrons. The standard InChI is InChI=1S/C19H27N7/c1-2-3-10-15-25-16-17(26(15)12-7-6-11-23-19(21)22)13-8-4-5-9-14(13)24-18(16)20/h4-5,8-9H,2-3,6-7,10-12H2,1H3,(H2,20,24)(H4,21,22,23). The van der Waals surface area contributed by atoms with Gasteiger partial charge in [-0.05, 0) is 25.3 Å². The van der Waals surface area contributed by atoms with Gasteiger partial charge >= 0.3 is 0 Å². The summed E-state index contributed by atoms with van der Waals surface area (Å²) in [7, 11) is 0. The van der Waals surface area contributed by atoms with Crippen LogP contribution >= 0.6 is 0 Å². The van der Waals surface area contributed by atoms with E-state index < -0.39 is 0 Å². The van der Waals surface area contributed by atoms with E-state index in [0.717, 1.165) is 66.4 Å². The van der Waals surface area contributed by atoms with Crippen molar-refractivity contribution in [3.8, 4) is 0 Å². The van der Waals surface area contributed by atoms with Gasteiger partial charge in [-0.1, -0.05) is 31.5 Å². The number of anilines is 1. The zero-order valence-corrected chi connectivity index (χ0v) is 15.3. The molecule has 1 aromatic carbocycles. The van der Waals surface area contributed by atoms with Gasteiger partial charge in [-0.3, -0.25) is 4.99 Å². The molecule has 0 unspecified atom stereocenters. The predicted molar refractivity (Wildman–Crippen MR) is 108 cm³/mol. The lowest BCUT2D eigenvalue weighted by molar-refractivity contribution is 0.593. The summed E-state index contributed by atoms with van der Waals surface area (Å²) >= 11 is 0. The number of rotatable bonds is 8. The van der Waals surface area contributed by atoms with Crippen molar-refractivity contribution < 1.29 is 0 Å². The summed E-state index contributed by atoms with van der Waals surface area (Å²) in [6.45, 7) is 3.69. The second-order valence-corrected chi connectivity index (χ2v) is 6.51. The number of nitrogens with two attached hydrogens (primary N) is 3. The molecule has 6 N–H and O–H groups in total. The highest BCUT2D eigenvalue weighted by Crippen LogP contribution is 2.29. The van der Waals surface area contributed by atoms with E-state index in [-0.39, 0.29) is 5.96 Å². The van der Waals surface area contributed by atoms with E-state index in [4.69, 9.17) is 22.2 Å². The van der Waals surface area contributed by atoms with Gasteiger partial charge in [-0.25, -0.2) is 9.97 Å². The van der Waals surface area contributed by atoms with E-state index in [2.05, 4.69) is 27.5 Å². The largest absolute Gasteiger partial charge is 0.382 e. The number of guanidine groups is 1. The molecule has 0 fully saturated rings. The summed E-state index contributed by atoms with van der Waals surface area (Å²) in [4.78, 5) is 13.4. The van der Waals surface area contributed by atoms with Gasteiger partial charge < -0.3 is 21.8 Å². The number of hydrogen-bond donors (Lipinski definition) is 3. The molecule has 3 rings (SSSR count). The second-order valence-electron chi connectivity index (χ2n) is 6.51. The van der Waals surface area contributed by atoms with Gasteiger partial charge in [0.25, 0.3) is 0 Å². The summed E-state index contributed by atoms with van der Waals surface area (Å²) in [6.07, 6.45) is 5.05. The Hall–Kier alpha value is -2.83. The van der Waals surface area contributed by atoms with Crippen LogP contribution in [0.2, 0.25) is 0 Å². The number of pyridine rings is 1. The van der Waals surface area contributed by atoms with Crippen LogP contribution in [0.5, 0.6) is 0 Å². The second kappa shape index (κ2) is 8.03. The fraction of sp³-hybridized carbons (Fsp3) is 0.421. The van der Waals surface area contributed by atoms with Crippen LogP contribution in [0.1, 0.15) is 38.4 Å². The Morgan fingerprint density at radius 1 is 1.12 bits per heavy atom. The highest BCUT2D eigenvalue weighted by Gasteiger charge is 2.16. The van der Waals surface area contributed by atoms with E-state index in [9.17, 15) is 0 Å². The summed E-state index contributed by atoms with van der Waals surface area (Å²) in [5.41, 5.74) is 19.8. The van der Waals surface area contributed by atoms with Crippen LogP contribution in [-0.4, -0.2) is 27.0 Å². The van der Waals surface area contributed by atoms with Gasteiger partial charge in [0.2, 0.25) is 0 Å². The van der Waals surface area contributed by atoms with Gasteiger partial charge in [-0.15, -0.1) is 0 Å². The number of nitrogens with zero attached hydrogens (tertiary/aromatic N) is 4. The third-order valence-electron chi connectivity index (χ3n) is 4.53. The van der Waals surface area contributed by atoms with Gasteiger partial charge in [0.05, 0.1) is 11.0 Å². The number of unbranched alkanes of at least 4 members (excludes halogenated alkanes) is 2. The predicted octanol–water partition coefficient (Wildman–Crippen LogP) is 2.56. The molecule has 7 heteroatoms. The van der Waals surface area contributed by atoms with Crippen molar-refractivity contribution in [3.05, 3.63) is 30.1 Å². The summed E-state index contributed by atoms with van der Waals surface area (Å²) in [5.74, 6) is 1.72. The molecule has 0 radical (unpaired) electrons. The first-order valence-corrected chi connectivity index (χ1v) is 9.20. The van der Waals surface area contributed by atoms with Crippen molar-refractivity contribution in [3.63, 3.8) is 0 Å². The maximum absolute atomic E-state index is 6.21. The number of aromatic nitrogens is 3. The Bertz CT molecular complexity index is 922. The van der Waals surface area contributed by atoms with E-state index in [1.165, 1.54) is 0 Å². The minimum atomic E-state index is 0.145. The first-order chi connectivity index (χ1) is 12.6. The molecule has 26 heavy (non-hydrogen) atoms. The lowest BCUT2D eigenvalue weighted by Gasteiger charge is -2.10. The zero-order chi connectivity index (χ0) is 18.5. The maximum Gasteiger partial charge on any atom is 0.185 e. The monoisotopic (exact) mass is 353 g/mol. The highest BCUT2D eigenvalue weighted by molar-refractivity contribution is 6.06. The highest BCUT2D eigenvalue weighted by atomic mass is 15.1. The first kappa shape index (κ1) is 18.0. The van der Waals surface area contributed by atoms with Crippen LogP contribution in [0, 0.1) is 0 Å². The fourth-order valence-corrected chi connectivity index (χ4v) is 3.26. The quantitative estimate of drug-likeness (QED) is 0.326. The van der Waals surface area contributed by atoms with Gasteiger partial charge in [0.1, 0.15) is 11.3 Å². The number of aliphatic imine (C=N–C) groups is 1. The minimum Gasteiger partial charge on any atom is -0.382 e. The summed E-state index contributed by atoms with van der Waals surface area (Å²) < 4.78 is 2.31. The zero-order valence-electron chi connectivity index (χ0n) is 15.3. The van der Waals surface area contributed by atoms with E-state index in [0.29, 0.717) is 12.4 Å². The molecule has 2 heterocycles. The topological polar surface area (TPSA) is 121 Å². The molecule has 0 spiro atoms. The molecule has 0 amide bonds. The molecule has 0 aliphatic carbocycles. The summed E-state index contributed by atoms with van der Waals surface area (Å²) in [6, 6.07) is 8.09. The van der Waals surface area contributed by atoms with Crippen LogP contribution in [0.3, 0.4) is 0 Å². The van der Waals surface area contributed by atoms with Crippen LogP contribution in [0.4, 0.5) is 5.82 Å². The SMILES string of the molecule is CCCCc1nc2c(N)nc3ccccc3c2n1CCCCN=C(N)N. The van der Waals surface area contributed by atoms with E-state index >= 15 is 0 Å². The van der Waals surface area contributed by atoms with Crippen LogP contribution in [-0.2, 0) is 13.0 Å². The fourth-order valence-electron chi connectivity index (χ4n) is 3.26. The van der Waals surface area contributed by atoms with Crippen LogP contribution < -0.4 is 17.2 Å². The normalized spacial score (nSPS) is 11.3. The molecule has 0 atom stereocenters. The third-order valence-corrected chi connectivity index (χ3v) is 4.53. The van der Waals surface area contributed by atoms with Crippen molar-refractivity contribution in [2.45, 2.75) is 45.6 Å². The Kier molecular flexibility index (Phi) is 5.55. The number of benzene rings is 1. The number of imidazole rings is 1. The van der Waals surface area contributed by atoms with Gasteiger partial charge in [-0.2, -0.15) is 0 Å². The van der Waals surface area contributed by atoms with Crippen molar-refractivity contribution in [1.29, 1.82) is 0 Å². The smallest absolute Gasteiger partial charge is 0.185 e. The molecule has 0 aliphatic heterocycles. The number of nitrogen functional groups attached to an aromatic ring is 1. The van der Waals surface area contributed by atoms with E-state index in [1.807, 2.05) is 18.2 Å². The van der Waals surface area contributed by atoms with Crippen LogP contribution in [0.25, 0.3) is 21.9 Å². The number of aryl methyl sites for hydroxylation is 2. The molecule has 7 nitrogen and oxygen atoms in total. The third kappa shape index (κ3) is 3.71. The molecular weight excluding hydrogens is 326 g/mol. The van der Waals surface area contributed by atoms with Gasteiger partial charge in [0, 0.05) is 24.9 Å². The molecule has 0 saturated carbocycles. The Morgan fingerprint density at radius 2 is 1.92 bits per heavy atom. The van der Waals surface area contributed by atoms with Crippen LogP contribution in [0.15, 0.2) is 29.3 Å².